The van der Waals surface area contributed by atoms with Crippen LogP contribution in [-0.2, 0) is 10.0 Å². The van der Waals surface area contributed by atoms with Gasteiger partial charge in [0.2, 0.25) is 15.8 Å². The number of fused-ring (bicyclic) bond motifs is 1. The minimum absolute atomic E-state index is 0.395. The van der Waals surface area contributed by atoms with E-state index in [-0.39, 0.29) is 0 Å². The van der Waals surface area contributed by atoms with Gasteiger partial charge in [0.05, 0.1) is 17.6 Å². The lowest BCUT2D eigenvalue weighted by atomic mass is 10.1. The van der Waals surface area contributed by atoms with Gasteiger partial charge in [-0.15, -0.1) is 10.2 Å². The summed E-state index contributed by atoms with van der Waals surface area (Å²) in [5, 5.41) is 13.5. The highest BCUT2D eigenvalue weighted by Gasteiger charge is 2.30. The first kappa shape index (κ1) is 22.5. The first-order chi connectivity index (χ1) is 16.8. The fraction of sp³-hybridized carbons (Fsp3) is 0.120. The van der Waals surface area contributed by atoms with Gasteiger partial charge in [-0.25, -0.2) is 13.4 Å². The summed E-state index contributed by atoms with van der Waals surface area (Å²) in [6.07, 6.45) is 1.11. The molecule has 1 aliphatic rings. The van der Waals surface area contributed by atoms with E-state index in [0.717, 1.165) is 23.2 Å². The van der Waals surface area contributed by atoms with E-state index in [1.165, 1.54) is 0 Å². The molecule has 35 heavy (non-hydrogen) atoms. The average Bonchev–Trinajstić information content (AvgIpc) is 3.40. The number of aliphatic imine (C=N–C) groups is 1. The molecule has 3 aromatic carbocycles. The van der Waals surface area contributed by atoms with Crippen LogP contribution in [0.3, 0.4) is 0 Å². The van der Waals surface area contributed by atoms with Crippen LogP contribution in [0.2, 0.25) is 0 Å². The molecule has 0 amide bonds. The van der Waals surface area contributed by atoms with Gasteiger partial charge in [-0.1, -0.05) is 42.5 Å². The highest BCUT2D eigenvalue weighted by atomic mass is 32.2. The maximum Gasteiger partial charge on any atom is 0.229 e. The lowest BCUT2D eigenvalue weighted by molar-refractivity contribution is 0.607. The van der Waals surface area contributed by atoms with Crippen molar-refractivity contribution in [1.82, 2.24) is 14.9 Å². The van der Waals surface area contributed by atoms with Gasteiger partial charge in [-0.3, -0.25) is 4.72 Å². The van der Waals surface area contributed by atoms with Gasteiger partial charge in [-0.2, -0.15) is 9.78 Å². The number of para-hydroxylation sites is 1. The molecule has 0 unspecified atom stereocenters. The zero-order chi connectivity index (χ0) is 24.6. The molecule has 5 rings (SSSR count). The van der Waals surface area contributed by atoms with Gasteiger partial charge in [0.25, 0.3) is 0 Å². The summed E-state index contributed by atoms with van der Waals surface area (Å²) in [4.78, 5) is 6.90. The van der Waals surface area contributed by atoms with Crippen molar-refractivity contribution < 1.29 is 8.42 Å². The van der Waals surface area contributed by atoms with Crippen LogP contribution in [0.5, 0.6) is 0 Å². The molecule has 0 saturated heterocycles. The van der Waals surface area contributed by atoms with Crippen LogP contribution in [0.15, 0.2) is 89.0 Å². The molecule has 0 atom stereocenters. The average molecular weight is 486 g/mol. The van der Waals surface area contributed by atoms with Crippen molar-refractivity contribution in [2.45, 2.75) is 0 Å². The summed E-state index contributed by atoms with van der Waals surface area (Å²) in [5.74, 6) is 0.887. The summed E-state index contributed by atoms with van der Waals surface area (Å²) >= 11 is 0. The zero-order valence-corrected chi connectivity index (χ0v) is 20.2. The first-order valence-electron chi connectivity index (χ1n) is 10.8. The van der Waals surface area contributed by atoms with Gasteiger partial charge < -0.3 is 4.90 Å². The molecule has 1 aromatic heterocycles. The van der Waals surface area contributed by atoms with Crippen molar-refractivity contribution in [2.24, 2.45) is 10.1 Å². The number of hydrogen-bond acceptors (Lipinski definition) is 7. The molecule has 9 nitrogen and oxygen atoms in total. The Morgan fingerprint density at radius 2 is 1.51 bits per heavy atom. The Balaban J connectivity index is 1.65. The van der Waals surface area contributed by atoms with Gasteiger partial charge in [0.15, 0.2) is 5.82 Å². The van der Waals surface area contributed by atoms with E-state index < -0.39 is 10.0 Å². The maximum absolute atomic E-state index is 11.9. The molecule has 0 bridgehead atoms. The van der Waals surface area contributed by atoms with Crippen LogP contribution < -0.4 is 9.62 Å². The van der Waals surface area contributed by atoms with E-state index in [4.69, 9.17) is 10.1 Å². The Morgan fingerprint density at radius 1 is 0.857 bits per heavy atom. The molecule has 0 saturated carbocycles. The van der Waals surface area contributed by atoms with Crippen molar-refractivity contribution in [3.63, 3.8) is 0 Å². The van der Waals surface area contributed by atoms with Gasteiger partial charge in [-0.05, 0) is 36.4 Å². The molecule has 176 valence electrons. The molecule has 0 spiro atoms. The molecule has 1 N–H and O–H groups in total. The molecule has 10 heteroatoms. The van der Waals surface area contributed by atoms with Gasteiger partial charge in [0.1, 0.15) is 11.4 Å². The summed E-state index contributed by atoms with van der Waals surface area (Å²) in [5.41, 5.74) is 4.90. The molecular formula is C25H23N7O2S. The summed E-state index contributed by atoms with van der Waals surface area (Å²) < 4.78 is 28.0. The molecule has 2 heterocycles. The number of nitrogens with zero attached hydrogens (tertiary/aromatic N) is 6. The lowest BCUT2D eigenvalue weighted by Crippen LogP contribution is -2.13. The van der Waals surface area contributed by atoms with Crippen molar-refractivity contribution in [3.8, 4) is 11.4 Å². The van der Waals surface area contributed by atoms with Crippen LogP contribution in [0.4, 0.5) is 17.1 Å². The number of anilines is 2. The van der Waals surface area contributed by atoms with E-state index in [2.05, 4.69) is 14.9 Å². The number of hydrogen-bond donors (Lipinski definition) is 1. The fourth-order valence-electron chi connectivity index (χ4n) is 3.76. The van der Waals surface area contributed by atoms with Crippen molar-refractivity contribution in [2.75, 3.05) is 30.0 Å². The third-order valence-electron chi connectivity index (χ3n) is 5.39. The summed E-state index contributed by atoms with van der Waals surface area (Å²) in [6.45, 7) is 0. The third kappa shape index (κ3) is 4.56. The van der Waals surface area contributed by atoms with Crippen LogP contribution in [0, 0.1) is 0 Å². The summed E-state index contributed by atoms with van der Waals surface area (Å²) in [6, 6.07) is 24.6. The van der Waals surface area contributed by atoms with Gasteiger partial charge >= 0.3 is 0 Å². The topological polar surface area (TPSA) is 105 Å². The van der Waals surface area contributed by atoms with Crippen molar-refractivity contribution in [1.29, 1.82) is 0 Å². The van der Waals surface area contributed by atoms with E-state index in [9.17, 15) is 8.42 Å². The smallest absolute Gasteiger partial charge is 0.229 e. The molecule has 4 aromatic rings. The van der Waals surface area contributed by atoms with Crippen molar-refractivity contribution >= 4 is 38.5 Å². The SMILES string of the molecule is CN(C)c1ccc(N=C2C(c3ccccc3)=Nn3c2nnc3-c2ccccc2NS(C)(=O)=O)cc1. The Labute approximate surface area is 203 Å². The summed E-state index contributed by atoms with van der Waals surface area (Å²) in [7, 11) is 0.479. The minimum Gasteiger partial charge on any atom is -0.378 e. The monoisotopic (exact) mass is 485 g/mol. The maximum atomic E-state index is 11.9. The third-order valence-corrected chi connectivity index (χ3v) is 5.99. The van der Waals surface area contributed by atoms with Crippen molar-refractivity contribution in [3.05, 3.63) is 90.3 Å². The van der Waals surface area contributed by atoms with Crippen LogP contribution in [0.1, 0.15) is 11.4 Å². The number of nitrogens with one attached hydrogen (secondary N) is 1. The van der Waals surface area contributed by atoms with Crippen LogP contribution >= 0.6 is 0 Å². The quantitative estimate of drug-likeness (QED) is 0.448. The second-order valence-electron chi connectivity index (χ2n) is 8.26. The van der Waals surface area contributed by atoms with E-state index in [0.29, 0.717) is 34.3 Å². The number of sulfonamides is 1. The first-order valence-corrected chi connectivity index (χ1v) is 12.7. The Kier molecular flexibility index (Phi) is 5.65. The Hall–Kier alpha value is -4.31. The van der Waals surface area contributed by atoms with Crippen LogP contribution in [-0.4, -0.2) is 55.1 Å². The Bertz CT molecular complexity index is 1560. The predicted octanol–water partition coefficient (Wildman–Crippen LogP) is 3.77. The zero-order valence-electron chi connectivity index (χ0n) is 19.4. The highest BCUT2D eigenvalue weighted by Crippen LogP contribution is 2.31. The second kappa shape index (κ2) is 8.80. The van der Waals surface area contributed by atoms with Gasteiger partial charge in [0, 0.05) is 30.9 Å². The van der Waals surface area contributed by atoms with E-state index in [1.807, 2.05) is 79.7 Å². The number of aromatic nitrogens is 3. The molecule has 0 fully saturated rings. The standard InChI is InChI=1S/C25H23N7O2S/c1-31(2)19-15-13-18(14-16-19)26-23-22(17-9-5-4-6-10-17)29-32-24(27-28-25(23)32)20-11-7-8-12-21(20)30-35(3,33)34/h4-16,30H,1-3H3. The minimum atomic E-state index is -3.49. The second-order valence-corrected chi connectivity index (χ2v) is 10.0. The fourth-order valence-corrected chi connectivity index (χ4v) is 4.34. The Morgan fingerprint density at radius 3 is 2.20 bits per heavy atom. The number of benzene rings is 3. The normalized spacial score (nSPS) is 14.0. The lowest BCUT2D eigenvalue weighted by Gasteiger charge is -2.11. The van der Waals surface area contributed by atoms with E-state index in [1.54, 1.807) is 22.9 Å². The van der Waals surface area contributed by atoms with E-state index >= 15 is 0 Å². The van der Waals surface area contributed by atoms with Crippen LogP contribution in [0.25, 0.3) is 11.4 Å². The molecule has 1 aliphatic heterocycles. The molecular weight excluding hydrogens is 462 g/mol. The highest BCUT2D eigenvalue weighted by molar-refractivity contribution is 7.92. The molecule has 0 radical (unpaired) electrons. The number of rotatable bonds is 6. The largest absolute Gasteiger partial charge is 0.378 e. The predicted molar refractivity (Wildman–Crippen MR) is 139 cm³/mol. The molecule has 0 aliphatic carbocycles.